The summed E-state index contributed by atoms with van der Waals surface area (Å²) in [6, 6.07) is 5.74. The smallest absolute Gasteiger partial charge is 0.127 e. The molecule has 106 valence electrons. The Bertz CT molecular complexity index is 472. The number of aliphatic hydroxyl groups is 1. The maximum Gasteiger partial charge on any atom is 0.127 e. The van der Waals surface area contributed by atoms with Gasteiger partial charge in [0.1, 0.15) is 11.4 Å². The van der Waals surface area contributed by atoms with Gasteiger partial charge in [0.25, 0.3) is 0 Å². The van der Waals surface area contributed by atoms with E-state index >= 15 is 0 Å². The van der Waals surface area contributed by atoms with Gasteiger partial charge < -0.3 is 14.6 Å². The van der Waals surface area contributed by atoms with Crippen molar-refractivity contribution < 1.29 is 14.6 Å². The lowest BCUT2D eigenvalue weighted by molar-refractivity contribution is -0.0746. The van der Waals surface area contributed by atoms with Crippen molar-refractivity contribution in [3.8, 4) is 5.75 Å². The van der Waals surface area contributed by atoms with Crippen molar-refractivity contribution in [2.24, 2.45) is 0 Å². The van der Waals surface area contributed by atoms with E-state index in [-0.39, 0.29) is 5.60 Å². The van der Waals surface area contributed by atoms with E-state index in [0.717, 1.165) is 22.2 Å². The first kappa shape index (κ1) is 14.8. The van der Waals surface area contributed by atoms with Crippen molar-refractivity contribution in [1.29, 1.82) is 0 Å². The van der Waals surface area contributed by atoms with Crippen molar-refractivity contribution in [3.63, 3.8) is 0 Å². The summed E-state index contributed by atoms with van der Waals surface area (Å²) in [5.74, 6) is 0.752. The zero-order valence-electron chi connectivity index (χ0n) is 11.9. The van der Waals surface area contributed by atoms with Crippen LogP contribution in [-0.4, -0.2) is 23.4 Å². The predicted octanol–water partition coefficient (Wildman–Crippen LogP) is 3.84. The van der Waals surface area contributed by atoms with E-state index in [0.29, 0.717) is 6.42 Å². The summed E-state index contributed by atoms with van der Waals surface area (Å²) in [5.41, 5.74) is 0.154. The monoisotopic (exact) mass is 328 g/mol. The second-order valence-corrected chi connectivity index (χ2v) is 7.01. The zero-order valence-corrected chi connectivity index (χ0v) is 13.5. The molecule has 2 rings (SSSR count). The fourth-order valence-electron chi connectivity index (χ4n) is 2.78. The van der Waals surface area contributed by atoms with Crippen LogP contribution >= 0.6 is 15.9 Å². The van der Waals surface area contributed by atoms with Crippen molar-refractivity contribution >= 4 is 15.9 Å². The third kappa shape index (κ3) is 3.30. The lowest BCUT2D eigenvalue weighted by Crippen LogP contribution is -2.44. The van der Waals surface area contributed by atoms with Gasteiger partial charge in [-0.05, 0) is 32.9 Å². The Morgan fingerprint density at radius 2 is 2.21 bits per heavy atom. The second kappa shape index (κ2) is 5.08. The molecule has 3 nitrogen and oxygen atoms in total. The SMILES string of the molecule is COC(C)(C)CC1(C)C[C@@H](O)c2ccc(Br)cc2O1. The quantitative estimate of drug-likeness (QED) is 0.916. The summed E-state index contributed by atoms with van der Waals surface area (Å²) in [4.78, 5) is 0. The van der Waals surface area contributed by atoms with Crippen molar-refractivity contribution in [2.75, 3.05) is 7.11 Å². The Morgan fingerprint density at radius 1 is 1.53 bits per heavy atom. The molecule has 1 aliphatic heterocycles. The van der Waals surface area contributed by atoms with E-state index < -0.39 is 11.7 Å². The van der Waals surface area contributed by atoms with Gasteiger partial charge in [-0.1, -0.05) is 22.0 Å². The van der Waals surface area contributed by atoms with Crippen LogP contribution in [0.4, 0.5) is 0 Å². The summed E-state index contributed by atoms with van der Waals surface area (Å²) in [6.07, 6.45) is 0.808. The Kier molecular flexibility index (Phi) is 3.96. The second-order valence-electron chi connectivity index (χ2n) is 6.09. The summed E-state index contributed by atoms with van der Waals surface area (Å²) in [5, 5.41) is 10.3. The minimum Gasteiger partial charge on any atom is -0.487 e. The molecular weight excluding hydrogens is 308 g/mol. The van der Waals surface area contributed by atoms with Gasteiger partial charge in [-0.25, -0.2) is 0 Å². The molecule has 1 aliphatic rings. The molecule has 0 aromatic heterocycles. The van der Waals surface area contributed by atoms with Gasteiger partial charge >= 0.3 is 0 Å². The van der Waals surface area contributed by atoms with E-state index in [1.54, 1.807) is 7.11 Å². The summed E-state index contributed by atoms with van der Waals surface area (Å²) < 4.78 is 12.6. The number of rotatable bonds is 3. The fraction of sp³-hybridized carbons (Fsp3) is 0.600. The number of ether oxygens (including phenoxy) is 2. The van der Waals surface area contributed by atoms with Crippen LogP contribution in [0.25, 0.3) is 0 Å². The van der Waals surface area contributed by atoms with E-state index in [9.17, 15) is 5.11 Å². The molecule has 1 aromatic rings. The minimum atomic E-state index is -0.491. The normalized spacial score (nSPS) is 26.7. The zero-order chi connectivity index (χ0) is 14.3. The van der Waals surface area contributed by atoms with Crippen LogP contribution in [-0.2, 0) is 4.74 Å². The van der Waals surface area contributed by atoms with Gasteiger partial charge in [-0.15, -0.1) is 0 Å². The molecule has 0 radical (unpaired) electrons. The molecule has 1 unspecified atom stereocenters. The first-order valence-electron chi connectivity index (χ1n) is 6.46. The number of methoxy groups -OCH3 is 1. The van der Waals surface area contributed by atoms with E-state index in [4.69, 9.17) is 9.47 Å². The summed E-state index contributed by atoms with van der Waals surface area (Å²) in [6.45, 7) is 6.09. The van der Waals surface area contributed by atoms with Crippen LogP contribution in [0.5, 0.6) is 5.75 Å². The molecule has 2 atom stereocenters. The highest BCUT2D eigenvalue weighted by atomic mass is 79.9. The van der Waals surface area contributed by atoms with E-state index in [2.05, 4.69) is 15.9 Å². The largest absolute Gasteiger partial charge is 0.487 e. The molecule has 0 amide bonds. The van der Waals surface area contributed by atoms with Crippen LogP contribution < -0.4 is 4.74 Å². The first-order valence-corrected chi connectivity index (χ1v) is 7.26. The third-order valence-electron chi connectivity index (χ3n) is 3.67. The van der Waals surface area contributed by atoms with Gasteiger partial charge in [0, 0.05) is 30.0 Å². The summed E-state index contributed by atoms with van der Waals surface area (Å²) in [7, 11) is 1.70. The maximum absolute atomic E-state index is 10.3. The Hall–Kier alpha value is -0.580. The van der Waals surface area contributed by atoms with Gasteiger partial charge in [-0.3, -0.25) is 0 Å². The van der Waals surface area contributed by atoms with Gasteiger partial charge in [0.2, 0.25) is 0 Å². The first-order chi connectivity index (χ1) is 8.75. The van der Waals surface area contributed by atoms with E-state index in [1.165, 1.54) is 0 Å². The standard InChI is InChI=1S/C15H21BrO3/c1-14(2,18-4)9-15(3)8-12(17)11-6-5-10(16)7-13(11)19-15/h5-7,12,17H,8-9H2,1-4H3/t12-,15?/m1/s1. The lowest BCUT2D eigenvalue weighted by atomic mass is 9.82. The summed E-state index contributed by atoms with van der Waals surface area (Å²) >= 11 is 3.44. The third-order valence-corrected chi connectivity index (χ3v) is 4.16. The van der Waals surface area contributed by atoms with Gasteiger partial charge in [0.05, 0.1) is 11.7 Å². The Morgan fingerprint density at radius 3 is 2.84 bits per heavy atom. The number of hydrogen-bond acceptors (Lipinski definition) is 3. The van der Waals surface area contributed by atoms with Gasteiger partial charge in [-0.2, -0.15) is 0 Å². The number of benzene rings is 1. The van der Waals surface area contributed by atoms with Crippen molar-refractivity contribution in [2.45, 2.75) is 50.9 Å². The fourth-order valence-corrected chi connectivity index (χ4v) is 3.12. The molecular formula is C15H21BrO3. The molecule has 1 N–H and O–H groups in total. The van der Waals surface area contributed by atoms with Crippen LogP contribution in [0, 0.1) is 0 Å². The van der Waals surface area contributed by atoms with Crippen LogP contribution in [0.2, 0.25) is 0 Å². The number of aliphatic hydroxyl groups excluding tert-OH is 1. The molecule has 1 heterocycles. The molecule has 0 aliphatic carbocycles. The average Bonchev–Trinajstić information content (AvgIpc) is 2.26. The maximum atomic E-state index is 10.3. The molecule has 0 fully saturated rings. The molecule has 19 heavy (non-hydrogen) atoms. The highest BCUT2D eigenvalue weighted by molar-refractivity contribution is 9.10. The van der Waals surface area contributed by atoms with E-state index in [1.807, 2.05) is 39.0 Å². The molecule has 0 spiro atoms. The highest BCUT2D eigenvalue weighted by Crippen LogP contribution is 2.43. The average molecular weight is 329 g/mol. The molecule has 1 aromatic carbocycles. The molecule has 4 heteroatoms. The predicted molar refractivity (Wildman–Crippen MR) is 78.5 cm³/mol. The lowest BCUT2D eigenvalue weighted by Gasteiger charge is -2.42. The molecule has 0 saturated heterocycles. The highest BCUT2D eigenvalue weighted by Gasteiger charge is 2.40. The van der Waals surface area contributed by atoms with Crippen LogP contribution in [0.15, 0.2) is 22.7 Å². The van der Waals surface area contributed by atoms with Gasteiger partial charge in [0.15, 0.2) is 0 Å². The van der Waals surface area contributed by atoms with Crippen molar-refractivity contribution in [3.05, 3.63) is 28.2 Å². The Balaban J connectivity index is 2.28. The Labute approximate surface area is 123 Å². The number of hydrogen-bond donors (Lipinski definition) is 1. The van der Waals surface area contributed by atoms with Crippen LogP contribution in [0.3, 0.4) is 0 Å². The number of fused-ring (bicyclic) bond motifs is 1. The number of halogens is 1. The van der Waals surface area contributed by atoms with Crippen molar-refractivity contribution in [1.82, 2.24) is 0 Å². The molecule has 0 bridgehead atoms. The molecule has 0 saturated carbocycles. The van der Waals surface area contributed by atoms with Crippen LogP contribution in [0.1, 0.15) is 45.3 Å². The topological polar surface area (TPSA) is 38.7 Å². The minimum absolute atomic E-state index is 0.280.